The first kappa shape index (κ1) is 22.5. The summed E-state index contributed by atoms with van der Waals surface area (Å²) >= 11 is 0. The molecular formula is C25H31N3O3. The summed E-state index contributed by atoms with van der Waals surface area (Å²) in [6.07, 6.45) is 0.265. The minimum atomic E-state index is -0.530. The highest BCUT2D eigenvalue weighted by Gasteiger charge is 2.30. The maximum atomic E-state index is 13.1. The Bertz CT molecular complexity index is 901. The van der Waals surface area contributed by atoms with Crippen molar-refractivity contribution in [2.24, 2.45) is 5.92 Å². The van der Waals surface area contributed by atoms with E-state index in [1.165, 1.54) is 0 Å². The van der Waals surface area contributed by atoms with Crippen LogP contribution in [0.15, 0.2) is 54.6 Å². The first-order valence-electron chi connectivity index (χ1n) is 10.8. The van der Waals surface area contributed by atoms with Crippen molar-refractivity contribution in [3.8, 4) is 0 Å². The lowest BCUT2D eigenvalue weighted by Crippen LogP contribution is -2.56. The molecule has 1 fully saturated rings. The number of rotatable bonds is 7. The average molecular weight is 422 g/mol. The number of nitrogens with one attached hydrogen (secondary N) is 1. The topological polar surface area (TPSA) is 69.7 Å². The zero-order chi connectivity index (χ0) is 22.4. The van der Waals surface area contributed by atoms with Crippen LogP contribution < -0.4 is 10.2 Å². The number of hydrogen-bond acceptors (Lipinski definition) is 4. The van der Waals surface area contributed by atoms with Crippen molar-refractivity contribution in [1.82, 2.24) is 10.2 Å². The first-order chi connectivity index (χ1) is 14.8. The highest BCUT2D eigenvalue weighted by Crippen LogP contribution is 2.19. The lowest BCUT2D eigenvalue weighted by Gasteiger charge is -2.38. The fourth-order valence-electron chi connectivity index (χ4n) is 3.81. The monoisotopic (exact) mass is 421 g/mol. The van der Waals surface area contributed by atoms with Gasteiger partial charge in [0.2, 0.25) is 11.8 Å². The van der Waals surface area contributed by atoms with Gasteiger partial charge in [-0.3, -0.25) is 14.4 Å². The number of carbonyl (C=O) groups is 3. The molecule has 0 radical (unpaired) electrons. The van der Waals surface area contributed by atoms with Gasteiger partial charge in [-0.05, 0) is 42.7 Å². The van der Waals surface area contributed by atoms with Crippen LogP contribution in [0.25, 0.3) is 0 Å². The summed E-state index contributed by atoms with van der Waals surface area (Å²) in [4.78, 5) is 41.2. The van der Waals surface area contributed by atoms with Gasteiger partial charge in [-0.1, -0.05) is 44.2 Å². The number of carbonyl (C=O) groups excluding carboxylic acids is 3. The summed E-state index contributed by atoms with van der Waals surface area (Å²) < 4.78 is 0. The SMILES string of the molecule is CC(=O)c1ccc(N2CCN(C(=O)[C@@H](NC(=O)Cc3ccccc3)C(C)C)CC2)cc1. The highest BCUT2D eigenvalue weighted by atomic mass is 16.2. The maximum Gasteiger partial charge on any atom is 0.245 e. The Kier molecular flexibility index (Phi) is 7.45. The smallest absolute Gasteiger partial charge is 0.245 e. The number of hydrogen-bond donors (Lipinski definition) is 1. The number of ketones is 1. The van der Waals surface area contributed by atoms with E-state index in [4.69, 9.17) is 0 Å². The van der Waals surface area contributed by atoms with E-state index in [9.17, 15) is 14.4 Å². The van der Waals surface area contributed by atoms with E-state index in [0.29, 0.717) is 31.7 Å². The third-order valence-electron chi connectivity index (χ3n) is 5.69. The van der Waals surface area contributed by atoms with Crippen molar-refractivity contribution in [1.29, 1.82) is 0 Å². The van der Waals surface area contributed by atoms with Crippen LogP contribution in [-0.4, -0.2) is 54.7 Å². The lowest BCUT2D eigenvalue weighted by atomic mass is 10.0. The molecule has 0 aliphatic carbocycles. The third kappa shape index (κ3) is 5.94. The summed E-state index contributed by atoms with van der Waals surface area (Å²) in [7, 11) is 0. The van der Waals surface area contributed by atoms with Crippen molar-refractivity contribution in [2.45, 2.75) is 33.2 Å². The summed E-state index contributed by atoms with van der Waals surface area (Å²) in [6.45, 7) is 8.11. The van der Waals surface area contributed by atoms with Crippen molar-refractivity contribution in [2.75, 3.05) is 31.1 Å². The molecule has 2 amide bonds. The predicted molar refractivity (Wildman–Crippen MR) is 122 cm³/mol. The molecule has 0 aromatic heterocycles. The molecule has 1 N–H and O–H groups in total. The molecule has 0 spiro atoms. The molecule has 1 aliphatic rings. The van der Waals surface area contributed by atoms with Gasteiger partial charge >= 0.3 is 0 Å². The molecule has 1 aliphatic heterocycles. The molecule has 1 atom stereocenters. The molecule has 0 saturated carbocycles. The fraction of sp³-hybridized carbons (Fsp3) is 0.400. The minimum Gasteiger partial charge on any atom is -0.368 e. The Morgan fingerprint density at radius 3 is 2.06 bits per heavy atom. The molecule has 31 heavy (non-hydrogen) atoms. The van der Waals surface area contributed by atoms with Crippen LogP contribution in [0.2, 0.25) is 0 Å². The van der Waals surface area contributed by atoms with Crippen LogP contribution in [0, 0.1) is 5.92 Å². The van der Waals surface area contributed by atoms with E-state index < -0.39 is 6.04 Å². The second-order valence-electron chi connectivity index (χ2n) is 8.37. The number of Topliss-reactive ketones (excluding diaryl/α,β-unsaturated/α-hetero) is 1. The molecular weight excluding hydrogens is 390 g/mol. The van der Waals surface area contributed by atoms with Gasteiger partial charge in [-0.2, -0.15) is 0 Å². The summed E-state index contributed by atoms with van der Waals surface area (Å²) in [6, 6.07) is 16.6. The largest absolute Gasteiger partial charge is 0.368 e. The molecule has 1 saturated heterocycles. The van der Waals surface area contributed by atoms with Crippen LogP contribution in [-0.2, 0) is 16.0 Å². The Morgan fingerprint density at radius 1 is 0.903 bits per heavy atom. The molecule has 0 unspecified atom stereocenters. The van der Waals surface area contributed by atoms with Crippen molar-refractivity contribution in [3.63, 3.8) is 0 Å². The van der Waals surface area contributed by atoms with Crippen LogP contribution in [0.3, 0.4) is 0 Å². The number of amides is 2. The van der Waals surface area contributed by atoms with Gasteiger partial charge in [0.05, 0.1) is 6.42 Å². The quantitative estimate of drug-likeness (QED) is 0.698. The van der Waals surface area contributed by atoms with Crippen molar-refractivity contribution >= 4 is 23.3 Å². The molecule has 2 aromatic carbocycles. The maximum absolute atomic E-state index is 13.1. The number of nitrogens with zero attached hydrogens (tertiary/aromatic N) is 2. The van der Waals surface area contributed by atoms with Gasteiger partial charge in [0.1, 0.15) is 6.04 Å². The summed E-state index contributed by atoms with van der Waals surface area (Å²) in [5.74, 6) is -0.106. The summed E-state index contributed by atoms with van der Waals surface area (Å²) in [5, 5.41) is 2.95. The molecule has 3 rings (SSSR count). The first-order valence-corrected chi connectivity index (χ1v) is 10.8. The van der Waals surface area contributed by atoms with Gasteiger partial charge in [0.25, 0.3) is 0 Å². The van der Waals surface area contributed by atoms with E-state index in [-0.39, 0.29) is 29.9 Å². The molecule has 0 bridgehead atoms. The van der Waals surface area contributed by atoms with E-state index in [1.807, 2.05) is 73.3 Å². The Labute approximate surface area is 184 Å². The van der Waals surface area contributed by atoms with Gasteiger partial charge in [-0.25, -0.2) is 0 Å². The predicted octanol–water partition coefficient (Wildman–Crippen LogP) is 2.92. The zero-order valence-corrected chi connectivity index (χ0v) is 18.5. The number of anilines is 1. The minimum absolute atomic E-state index is 0.00405. The van der Waals surface area contributed by atoms with Gasteiger partial charge in [0.15, 0.2) is 5.78 Å². The Hall–Kier alpha value is -3.15. The highest BCUT2D eigenvalue weighted by molar-refractivity contribution is 5.94. The Balaban J connectivity index is 1.56. The molecule has 6 nitrogen and oxygen atoms in total. The molecule has 1 heterocycles. The number of benzene rings is 2. The molecule has 2 aromatic rings. The lowest BCUT2D eigenvalue weighted by molar-refractivity contribution is -0.137. The van der Waals surface area contributed by atoms with Crippen molar-refractivity contribution < 1.29 is 14.4 Å². The van der Waals surface area contributed by atoms with Gasteiger partial charge in [-0.15, -0.1) is 0 Å². The number of piperazine rings is 1. The van der Waals surface area contributed by atoms with Crippen LogP contribution in [0.5, 0.6) is 0 Å². The standard InChI is InChI=1S/C25H31N3O3/c1-18(2)24(26-23(30)17-20-7-5-4-6-8-20)25(31)28-15-13-27(14-16-28)22-11-9-21(10-12-22)19(3)29/h4-12,18,24H,13-17H2,1-3H3,(H,26,30)/t24-/m0/s1. The molecule has 164 valence electrons. The summed E-state index contributed by atoms with van der Waals surface area (Å²) in [5.41, 5.74) is 2.68. The third-order valence-corrected chi connectivity index (χ3v) is 5.69. The van der Waals surface area contributed by atoms with E-state index in [1.54, 1.807) is 6.92 Å². The average Bonchev–Trinajstić information content (AvgIpc) is 2.77. The van der Waals surface area contributed by atoms with Crippen LogP contribution >= 0.6 is 0 Å². The second-order valence-corrected chi connectivity index (χ2v) is 8.37. The van der Waals surface area contributed by atoms with Gasteiger partial charge in [0, 0.05) is 37.4 Å². The molecule has 6 heteroatoms. The van der Waals surface area contributed by atoms with E-state index in [0.717, 1.165) is 11.3 Å². The second kappa shape index (κ2) is 10.2. The fourth-order valence-corrected chi connectivity index (χ4v) is 3.81. The van der Waals surface area contributed by atoms with Crippen LogP contribution in [0.4, 0.5) is 5.69 Å². The van der Waals surface area contributed by atoms with Crippen molar-refractivity contribution in [3.05, 3.63) is 65.7 Å². The normalized spacial score (nSPS) is 15.0. The van der Waals surface area contributed by atoms with E-state index in [2.05, 4.69) is 10.2 Å². The Morgan fingerprint density at radius 2 is 1.52 bits per heavy atom. The van der Waals surface area contributed by atoms with Gasteiger partial charge < -0.3 is 15.1 Å². The zero-order valence-electron chi connectivity index (χ0n) is 18.5. The van der Waals surface area contributed by atoms with E-state index >= 15 is 0 Å². The van der Waals surface area contributed by atoms with Crippen LogP contribution in [0.1, 0.15) is 36.7 Å².